The third-order valence-corrected chi connectivity index (χ3v) is 3.67. The molecule has 0 saturated heterocycles. The van der Waals surface area contributed by atoms with Crippen molar-refractivity contribution in [3.8, 4) is 11.5 Å². The van der Waals surface area contributed by atoms with Crippen LogP contribution in [0, 0.1) is 5.82 Å². The summed E-state index contributed by atoms with van der Waals surface area (Å²) < 4.78 is 23.5. The minimum Gasteiger partial charge on any atom is -0.497 e. The Kier molecular flexibility index (Phi) is 5.46. The molecule has 0 saturated carbocycles. The van der Waals surface area contributed by atoms with Gasteiger partial charge in [-0.05, 0) is 36.4 Å². The molecule has 1 aromatic heterocycles. The van der Waals surface area contributed by atoms with Gasteiger partial charge in [0.15, 0.2) is 0 Å². The maximum atomic E-state index is 13.0. The van der Waals surface area contributed by atoms with Crippen LogP contribution in [0.15, 0.2) is 54.9 Å². The van der Waals surface area contributed by atoms with Crippen LogP contribution in [0.4, 0.5) is 21.6 Å². The van der Waals surface area contributed by atoms with E-state index in [0.717, 1.165) is 0 Å². The summed E-state index contributed by atoms with van der Waals surface area (Å²) in [7, 11) is 3.11. The molecular weight excluding hydrogens is 351 g/mol. The van der Waals surface area contributed by atoms with E-state index < -0.39 is 5.91 Å². The number of anilines is 3. The molecule has 138 valence electrons. The molecule has 3 aromatic rings. The number of rotatable bonds is 6. The quantitative estimate of drug-likeness (QED) is 0.691. The van der Waals surface area contributed by atoms with E-state index in [-0.39, 0.29) is 11.5 Å². The lowest BCUT2D eigenvalue weighted by Gasteiger charge is -2.12. The first-order valence-corrected chi connectivity index (χ1v) is 7.97. The first kappa shape index (κ1) is 18.1. The Labute approximate surface area is 155 Å². The van der Waals surface area contributed by atoms with Gasteiger partial charge in [0, 0.05) is 17.8 Å². The van der Waals surface area contributed by atoms with Gasteiger partial charge in [-0.15, -0.1) is 0 Å². The van der Waals surface area contributed by atoms with Crippen molar-refractivity contribution < 1.29 is 18.7 Å². The monoisotopic (exact) mass is 368 g/mol. The average molecular weight is 368 g/mol. The number of amides is 1. The van der Waals surface area contributed by atoms with Gasteiger partial charge in [0.05, 0.1) is 19.9 Å². The van der Waals surface area contributed by atoms with E-state index in [1.165, 1.54) is 36.7 Å². The fourth-order valence-corrected chi connectivity index (χ4v) is 2.32. The van der Waals surface area contributed by atoms with Gasteiger partial charge >= 0.3 is 0 Å². The third kappa shape index (κ3) is 4.49. The molecule has 0 spiro atoms. The Morgan fingerprint density at radius 1 is 1.00 bits per heavy atom. The number of nitrogens with one attached hydrogen (secondary N) is 2. The van der Waals surface area contributed by atoms with E-state index in [1.54, 1.807) is 32.4 Å². The Morgan fingerprint density at radius 3 is 2.48 bits per heavy atom. The maximum absolute atomic E-state index is 13.0. The summed E-state index contributed by atoms with van der Waals surface area (Å²) in [4.78, 5) is 20.4. The molecule has 1 amide bonds. The number of hydrogen-bond acceptors (Lipinski definition) is 6. The summed E-state index contributed by atoms with van der Waals surface area (Å²) in [5.74, 6) is 0.811. The first-order chi connectivity index (χ1) is 13.1. The van der Waals surface area contributed by atoms with E-state index >= 15 is 0 Å². The van der Waals surface area contributed by atoms with Gasteiger partial charge in [0.25, 0.3) is 5.91 Å². The van der Waals surface area contributed by atoms with Crippen LogP contribution in [0.2, 0.25) is 0 Å². The first-order valence-electron chi connectivity index (χ1n) is 7.97. The molecule has 0 fully saturated rings. The fraction of sp³-hybridized carbons (Fsp3) is 0.105. The highest BCUT2D eigenvalue weighted by Crippen LogP contribution is 2.31. The van der Waals surface area contributed by atoms with Crippen molar-refractivity contribution in [3.05, 3.63) is 66.4 Å². The van der Waals surface area contributed by atoms with Crippen molar-refractivity contribution in [3.63, 3.8) is 0 Å². The molecule has 3 rings (SSSR count). The number of nitrogens with zero attached hydrogens (tertiary/aromatic N) is 2. The van der Waals surface area contributed by atoms with Gasteiger partial charge in [0.1, 0.15) is 35.2 Å². The average Bonchev–Trinajstić information content (AvgIpc) is 2.70. The van der Waals surface area contributed by atoms with E-state index in [9.17, 15) is 9.18 Å². The lowest BCUT2D eigenvalue weighted by Crippen LogP contribution is -2.14. The van der Waals surface area contributed by atoms with Gasteiger partial charge in [-0.2, -0.15) is 0 Å². The molecule has 0 bridgehead atoms. The third-order valence-electron chi connectivity index (χ3n) is 3.67. The normalized spacial score (nSPS) is 10.2. The summed E-state index contributed by atoms with van der Waals surface area (Å²) in [5.41, 5.74) is 1.28. The molecule has 2 N–H and O–H groups in total. The highest BCUT2D eigenvalue weighted by Gasteiger charge is 2.11. The minimum absolute atomic E-state index is 0.157. The number of carbonyl (C=O) groups excluding carboxylic acids is 1. The zero-order valence-corrected chi connectivity index (χ0v) is 14.7. The summed E-state index contributed by atoms with van der Waals surface area (Å²) in [5, 5.41) is 5.73. The van der Waals surface area contributed by atoms with Crippen LogP contribution in [0.25, 0.3) is 0 Å². The Morgan fingerprint density at radius 2 is 1.78 bits per heavy atom. The predicted octanol–water partition coefficient (Wildman–Crippen LogP) is 3.63. The number of ether oxygens (including phenoxy) is 2. The summed E-state index contributed by atoms with van der Waals surface area (Å²) in [6, 6.07) is 12.2. The van der Waals surface area contributed by atoms with Gasteiger partial charge in [-0.25, -0.2) is 14.4 Å². The van der Waals surface area contributed by atoms with Crippen molar-refractivity contribution in [1.82, 2.24) is 9.97 Å². The van der Waals surface area contributed by atoms with Gasteiger partial charge < -0.3 is 20.1 Å². The van der Waals surface area contributed by atoms with Crippen molar-refractivity contribution in [2.24, 2.45) is 0 Å². The number of hydrogen-bond donors (Lipinski definition) is 2. The largest absolute Gasteiger partial charge is 0.497 e. The SMILES string of the molecule is COc1ccc(Nc2cc(C(=O)Nc3ccc(F)cc3)ncn2)c(OC)c1. The van der Waals surface area contributed by atoms with E-state index in [2.05, 4.69) is 20.6 Å². The summed E-state index contributed by atoms with van der Waals surface area (Å²) in [6.45, 7) is 0. The number of methoxy groups -OCH3 is 2. The second kappa shape index (κ2) is 8.13. The number of halogens is 1. The molecule has 7 nitrogen and oxygen atoms in total. The van der Waals surface area contributed by atoms with E-state index in [1.807, 2.05) is 0 Å². The maximum Gasteiger partial charge on any atom is 0.274 e. The van der Waals surface area contributed by atoms with E-state index in [4.69, 9.17) is 9.47 Å². The van der Waals surface area contributed by atoms with Crippen LogP contribution < -0.4 is 20.1 Å². The molecule has 27 heavy (non-hydrogen) atoms. The molecule has 0 unspecified atom stereocenters. The second-order valence-electron chi connectivity index (χ2n) is 5.44. The summed E-state index contributed by atoms with van der Waals surface area (Å²) >= 11 is 0. The van der Waals surface area contributed by atoms with Crippen LogP contribution >= 0.6 is 0 Å². The molecule has 8 heteroatoms. The number of carbonyl (C=O) groups is 1. The fourth-order valence-electron chi connectivity index (χ4n) is 2.32. The molecular formula is C19H17FN4O3. The van der Waals surface area contributed by atoms with Gasteiger partial charge in [-0.1, -0.05) is 0 Å². The predicted molar refractivity (Wildman–Crippen MR) is 99.2 cm³/mol. The topological polar surface area (TPSA) is 85.4 Å². The lowest BCUT2D eigenvalue weighted by molar-refractivity contribution is 0.102. The van der Waals surface area contributed by atoms with Crippen LogP contribution in [-0.2, 0) is 0 Å². The van der Waals surface area contributed by atoms with Crippen molar-refractivity contribution in [2.45, 2.75) is 0 Å². The van der Waals surface area contributed by atoms with Gasteiger partial charge in [-0.3, -0.25) is 4.79 Å². The zero-order valence-electron chi connectivity index (χ0n) is 14.7. The number of benzene rings is 2. The summed E-state index contributed by atoms with van der Waals surface area (Å²) in [6.07, 6.45) is 1.28. The van der Waals surface area contributed by atoms with Crippen molar-refractivity contribution in [1.29, 1.82) is 0 Å². The van der Waals surface area contributed by atoms with Crippen LogP contribution in [0.5, 0.6) is 11.5 Å². The smallest absolute Gasteiger partial charge is 0.274 e. The molecule has 0 atom stereocenters. The molecule has 0 radical (unpaired) electrons. The van der Waals surface area contributed by atoms with Crippen molar-refractivity contribution in [2.75, 3.05) is 24.9 Å². The highest BCUT2D eigenvalue weighted by molar-refractivity contribution is 6.03. The van der Waals surface area contributed by atoms with E-state index in [0.29, 0.717) is 28.7 Å². The zero-order chi connectivity index (χ0) is 19.2. The molecule has 0 aliphatic heterocycles. The molecule has 0 aliphatic rings. The van der Waals surface area contributed by atoms with Crippen LogP contribution in [0.1, 0.15) is 10.5 Å². The van der Waals surface area contributed by atoms with Crippen LogP contribution in [-0.4, -0.2) is 30.1 Å². The minimum atomic E-state index is -0.436. The standard InChI is InChI=1S/C19H17FN4O3/c1-26-14-7-8-15(17(9-14)27-2)24-18-10-16(21-11-22-18)19(25)23-13-5-3-12(20)4-6-13/h3-11H,1-2H3,(H,23,25)(H,21,22,24). The lowest BCUT2D eigenvalue weighted by atomic mass is 10.2. The Bertz CT molecular complexity index is 948. The van der Waals surface area contributed by atoms with Gasteiger partial charge in [0.2, 0.25) is 0 Å². The molecule has 2 aromatic carbocycles. The number of aromatic nitrogens is 2. The molecule has 0 aliphatic carbocycles. The molecule has 1 heterocycles. The van der Waals surface area contributed by atoms with Crippen LogP contribution in [0.3, 0.4) is 0 Å². The highest BCUT2D eigenvalue weighted by atomic mass is 19.1. The Hall–Kier alpha value is -3.68. The second-order valence-corrected chi connectivity index (χ2v) is 5.44. The Balaban J connectivity index is 1.77. The van der Waals surface area contributed by atoms with Crippen molar-refractivity contribution >= 4 is 23.1 Å².